The molecule has 0 heterocycles. The van der Waals surface area contributed by atoms with Crippen LogP contribution in [0.15, 0.2) is 18.2 Å². The van der Waals surface area contributed by atoms with E-state index in [0.29, 0.717) is 0 Å². The average Bonchev–Trinajstić information content (AvgIpc) is 2.01. The van der Waals surface area contributed by atoms with E-state index < -0.39 is 11.7 Å². The summed E-state index contributed by atoms with van der Waals surface area (Å²) in [6.07, 6.45) is -4.37. The lowest BCUT2D eigenvalue weighted by Crippen LogP contribution is -2.16. The molecule has 16 heavy (non-hydrogen) atoms. The van der Waals surface area contributed by atoms with Crippen LogP contribution in [0.3, 0.4) is 0 Å². The second-order valence-electron chi connectivity index (χ2n) is 3.17. The molecule has 0 atom stereocenters. The summed E-state index contributed by atoms with van der Waals surface area (Å²) in [5.41, 5.74) is 4.83. The van der Waals surface area contributed by atoms with Crippen LogP contribution in [0.4, 0.5) is 24.5 Å². The summed E-state index contributed by atoms with van der Waals surface area (Å²) < 4.78 is 37.5. The van der Waals surface area contributed by atoms with Gasteiger partial charge in [-0.3, -0.25) is 0 Å². The van der Waals surface area contributed by atoms with Crippen molar-refractivity contribution in [3.8, 4) is 0 Å². The number of nitrogen functional groups attached to an aromatic ring is 1. The van der Waals surface area contributed by atoms with E-state index in [1.165, 1.54) is 17.0 Å². The fourth-order valence-corrected chi connectivity index (χ4v) is 1.17. The number of hydrogen-bond acceptors (Lipinski definition) is 2. The maximum absolute atomic E-state index is 12.5. The van der Waals surface area contributed by atoms with Gasteiger partial charge in [-0.25, -0.2) is 0 Å². The van der Waals surface area contributed by atoms with Crippen molar-refractivity contribution in [2.24, 2.45) is 0 Å². The highest BCUT2D eigenvalue weighted by atomic mass is 35.5. The Morgan fingerprint density at radius 3 is 2.00 bits per heavy atom. The first kappa shape index (κ1) is 17.6. The minimum Gasteiger partial charge on any atom is -0.399 e. The normalized spacial score (nSPS) is 10.1. The van der Waals surface area contributed by atoms with E-state index in [0.717, 1.165) is 6.07 Å². The summed E-state index contributed by atoms with van der Waals surface area (Å²) in [6, 6.07) is 3.75. The van der Waals surface area contributed by atoms with Crippen LogP contribution in [-0.2, 0) is 6.18 Å². The summed E-state index contributed by atoms with van der Waals surface area (Å²) in [7, 11) is 3.11. The van der Waals surface area contributed by atoms with Crippen LogP contribution in [0.25, 0.3) is 0 Å². The second-order valence-corrected chi connectivity index (χ2v) is 3.17. The quantitative estimate of drug-likeness (QED) is 0.799. The Morgan fingerprint density at radius 1 is 1.12 bits per heavy atom. The maximum Gasteiger partial charge on any atom is 0.418 e. The van der Waals surface area contributed by atoms with Gasteiger partial charge in [0, 0.05) is 25.5 Å². The largest absolute Gasteiger partial charge is 0.418 e. The molecule has 1 rings (SSSR count). The Hall–Kier alpha value is -0.810. The average molecular weight is 277 g/mol. The lowest BCUT2D eigenvalue weighted by Gasteiger charge is -2.19. The second kappa shape index (κ2) is 6.06. The molecule has 0 spiro atoms. The molecule has 94 valence electrons. The van der Waals surface area contributed by atoms with Crippen molar-refractivity contribution in [1.29, 1.82) is 0 Å². The molecule has 0 aromatic heterocycles. The molecular formula is C9H13Cl2F3N2. The third-order valence-corrected chi connectivity index (χ3v) is 1.81. The maximum atomic E-state index is 12.5. The van der Waals surface area contributed by atoms with Gasteiger partial charge in [0.15, 0.2) is 0 Å². The molecule has 2 N–H and O–H groups in total. The van der Waals surface area contributed by atoms with Gasteiger partial charge < -0.3 is 10.6 Å². The van der Waals surface area contributed by atoms with E-state index in [2.05, 4.69) is 0 Å². The molecule has 0 bridgehead atoms. The van der Waals surface area contributed by atoms with Crippen molar-refractivity contribution in [1.82, 2.24) is 0 Å². The zero-order valence-corrected chi connectivity index (χ0v) is 10.3. The van der Waals surface area contributed by atoms with Crippen molar-refractivity contribution in [2.75, 3.05) is 24.7 Å². The summed E-state index contributed by atoms with van der Waals surface area (Å²) in [5.74, 6) is 0. The monoisotopic (exact) mass is 276 g/mol. The van der Waals surface area contributed by atoms with Gasteiger partial charge in [0.25, 0.3) is 0 Å². The number of rotatable bonds is 1. The Balaban J connectivity index is 0. The SMILES string of the molecule is CN(C)c1ccc(N)cc1C(F)(F)F.Cl.Cl. The number of halogens is 5. The number of nitrogens with zero attached hydrogens (tertiary/aromatic N) is 1. The molecule has 0 radical (unpaired) electrons. The third kappa shape index (κ3) is 3.98. The van der Waals surface area contributed by atoms with Crippen molar-refractivity contribution >= 4 is 36.2 Å². The van der Waals surface area contributed by atoms with E-state index in [1.54, 1.807) is 14.1 Å². The fraction of sp³-hybridized carbons (Fsp3) is 0.333. The zero-order valence-electron chi connectivity index (χ0n) is 8.71. The molecule has 0 amide bonds. The summed E-state index contributed by atoms with van der Waals surface area (Å²) in [4.78, 5) is 1.41. The smallest absolute Gasteiger partial charge is 0.399 e. The molecule has 1 aromatic rings. The zero-order chi connectivity index (χ0) is 10.9. The fourth-order valence-electron chi connectivity index (χ4n) is 1.17. The first-order chi connectivity index (χ1) is 6.32. The number of hydrogen-bond donors (Lipinski definition) is 1. The molecule has 0 aliphatic heterocycles. The first-order valence-corrected chi connectivity index (χ1v) is 3.96. The predicted molar refractivity (Wildman–Crippen MR) is 64.7 cm³/mol. The van der Waals surface area contributed by atoms with Gasteiger partial charge in [0.1, 0.15) is 0 Å². The highest BCUT2D eigenvalue weighted by Crippen LogP contribution is 2.36. The van der Waals surface area contributed by atoms with Gasteiger partial charge in [-0.15, -0.1) is 24.8 Å². The van der Waals surface area contributed by atoms with E-state index in [1.807, 2.05) is 0 Å². The van der Waals surface area contributed by atoms with E-state index in [9.17, 15) is 13.2 Å². The van der Waals surface area contributed by atoms with Crippen LogP contribution in [-0.4, -0.2) is 14.1 Å². The van der Waals surface area contributed by atoms with Crippen molar-refractivity contribution in [2.45, 2.75) is 6.18 Å². The molecular weight excluding hydrogens is 264 g/mol. The first-order valence-electron chi connectivity index (χ1n) is 3.96. The van der Waals surface area contributed by atoms with Crippen LogP contribution >= 0.6 is 24.8 Å². The van der Waals surface area contributed by atoms with Gasteiger partial charge in [-0.1, -0.05) is 0 Å². The molecule has 0 fully saturated rings. The molecule has 7 heteroatoms. The van der Waals surface area contributed by atoms with Crippen molar-refractivity contribution < 1.29 is 13.2 Å². The molecule has 0 saturated carbocycles. The van der Waals surface area contributed by atoms with Crippen LogP contribution in [0.5, 0.6) is 0 Å². The van der Waals surface area contributed by atoms with Gasteiger partial charge >= 0.3 is 6.18 Å². The van der Waals surface area contributed by atoms with Gasteiger partial charge in [-0.05, 0) is 18.2 Å². The van der Waals surface area contributed by atoms with E-state index >= 15 is 0 Å². The van der Waals surface area contributed by atoms with Gasteiger partial charge in [0.05, 0.1) is 5.56 Å². The molecule has 0 aliphatic rings. The molecule has 0 unspecified atom stereocenters. The van der Waals surface area contributed by atoms with Crippen molar-refractivity contribution in [3.63, 3.8) is 0 Å². The minimum atomic E-state index is -4.37. The number of nitrogens with two attached hydrogens (primary N) is 1. The summed E-state index contributed by atoms with van der Waals surface area (Å²) in [6.45, 7) is 0. The lowest BCUT2D eigenvalue weighted by molar-refractivity contribution is -0.137. The Bertz CT molecular complexity index is 340. The van der Waals surface area contributed by atoms with Crippen LogP contribution in [0, 0.1) is 0 Å². The summed E-state index contributed by atoms with van der Waals surface area (Å²) in [5, 5.41) is 0. The molecule has 1 aromatic carbocycles. The van der Waals surface area contributed by atoms with Crippen LogP contribution in [0.1, 0.15) is 5.56 Å². The topological polar surface area (TPSA) is 29.3 Å². The Morgan fingerprint density at radius 2 is 1.62 bits per heavy atom. The highest BCUT2D eigenvalue weighted by Gasteiger charge is 2.34. The van der Waals surface area contributed by atoms with E-state index in [-0.39, 0.29) is 36.2 Å². The van der Waals surface area contributed by atoms with Gasteiger partial charge in [-0.2, -0.15) is 13.2 Å². The van der Waals surface area contributed by atoms with Crippen LogP contribution in [0.2, 0.25) is 0 Å². The molecule has 0 aliphatic carbocycles. The van der Waals surface area contributed by atoms with E-state index in [4.69, 9.17) is 5.73 Å². The highest BCUT2D eigenvalue weighted by molar-refractivity contribution is 5.85. The summed E-state index contributed by atoms with van der Waals surface area (Å²) >= 11 is 0. The molecule has 2 nitrogen and oxygen atoms in total. The standard InChI is InChI=1S/C9H11F3N2.2ClH/c1-14(2)8-4-3-6(13)5-7(8)9(10,11)12;;/h3-5H,13H2,1-2H3;2*1H. The minimum absolute atomic E-state index is 0. The number of benzene rings is 1. The van der Waals surface area contributed by atoms with Crippen molar-refractivity contribution in [3.05, 3.63) is 23.8 Å². The Labute approximate surface area is 104 Å². The third-order valence-electron chi connectivity index (χ3n) is 1.81. The number of alkyl halides is 3. The van der Waals surface area contributed by atoms with Crippen LogP contribution < -0.4 is 10.6 Å². The van der Waals surface area contributed by atoms with Gasteiger partial charge in [0.2, 0.25) is 0 Å². The predicted octanol–water partition coefficient (Wildman–Crippen LogP) is 3.20. The number of anilines is 2. The Kier molecular flexibility index (Phi) is 6.65. The lowest BCUT2D eigenvalue weighted by atomic mass is 10.1. The molecule has 0 saturated heterocycles.